The van der Waals surface area contributed by atoms with Gasteiger partial charge < -0.3 is 0 Å². The first-order valence-electron chi connectivity index (χ1n) is 7.28. The van der Waals surface area contributed by atoms with Gasteiger partial charge in [-0.15, -0.1) is 0 Å². The van der Waals surface area contributed by atoms with E-state index in [2.05, 4.69) is 24.3 Å². The van der Waals surface area contributed by atoms with Gasteiger partial charge in [-0.3, -0.25) is 9.59 Å². The summed E-state index contributed by atoms with van der Waals surface area (Å²) in [4.78, 5) is 22.6. The number of carbonyl (C=O) groups is 2. The van der Waals surface area contributed by atoms with Crippen molar-refractivity contribution in [1.82, 2.24) is 0 Å². The molecule has 0 amide bonds. The van der Waals surface area contributed by atoms with Crippen LogP contribution in [0.2, 0.25) is 0 Å². The fourth-order valence-electron chi connectivity index (χ4n) is 2.86. The van der Waals surface area contributed by atoms with Gasteiger partial charge in [-0.25, -0.2) is 0 Å². The summed E-state index contributed by atoms with van der Waals surface area (Å²) in [5, 5.41) is 0. The highest BCUT2D eigenvalue weighted by Crippen LogP contribution is 2.54. The average molecular weight is 278 g/mol. The van der Waals surface area contributed by atoms with E-state index in [0.29, 0.717) is 11.8 Å². The molecule has 0 heterocycles. The third-order valence-corrected chi connectivity index (χ3v) is 4.28. The monoisotopic (exact) mass is 278 g/mol. The Hall–Kier alpha value is -2.22. The van der Waals surface area contributed by atoms with Gasteiger partial charge in [0.25, 0.3) is 0 Å². The average Bonchev–Trinajstić information content (AvgIpc) is 3.28. The van der Waals surface area contributed by atoms with Crippen molar-refractivity contribution >= 4 is 11.6 Å². The first-order chi connectivity index (χ1) is 10.1. The second-order valence-corrected chi connectivity index (χ2v) is 5.81. The lowest BCUT2D eigenvalue weighted by molar-refractivity contribution is 0.100. The lowest BCUT2D eigenvalue weighted by atomic mass is 10.0. The number of hydrogen-bond acceptors (Lipinski definition) is 2. The molecule has 2 aromatic rings. The van der Waals surface area contributed by atoms with Crippen LogP contribution in [0.1, 0.15) is 63.9 Å². The number of hydrogen-bond donors (Lipinski definition) is 0. The van der Waals surface area contributed by atoms with Crippen LogP contribution in [0.25, 0.3) is 0 Å². The smallest absolute Gasteiger partial charge is 0.159 e. The van der Waals surface area contributed by atoms with Gasteiger partial charge in [0.2, 0.25) is 0 Å². The normalized spacial score (nSPS) is 20.1. The highest BCUT2D eigenvalue weighted by molar-refractivity contribution is 5.94. The molecule has 1 aliphatic rings. The van der Waals surface area contributed by atoms with Crippen molar-refractivity contribution in [3.05, 3.63) is 70.8 Å². The van der Waals surface area contributed by atoms with Crippen LogP contribution in [-0.2, 0) is 0 Å². The molecule has 1 aliphatic carbocycles. The second-order valence-electron chi connectivity index (χ2n) is 5.81. The Balaban J connectivity index is 1.73. The van der Waals surface area contributed by atoms with Crippen molar-refractivity contribution in [3.63, 3.8) is 0 Å². The van der Waals surface area contributed by atoms with E-state index >= 15 is 0 Å². The molecule has 106 valence electrons. The van der Waals surface area contributed by atoms with Crippen LogP contribution in [0.15, 0.2) is 48.5 Å². The zero-order valence-corrected chi connectivity index (χ0v) is 12.3. The van der Waals surface area contributed by atoms with Gasteiger partial charge in [-0.05, 0) is 43.2 Å². The molecule has 2 heteroatoms. The van der Waals surface area contributed by atoms with E-state index in [0.717, 1.165) is 17.5 Å². The van der Waals surface area contributed by atoms with Crippen LogP contribution < -0.4 is 0 Å². The lowest BCUT2D eigenvalue weighted by Crippen LogP contribution is -1.93. The standard InChI is InChI=1S/C19H18O2/c1-12(20)14-3-7-16(8-4-14)18-11-19(18)17-9-5-15(6-10-17)13(2)21/h3-10,18-19H,11H2,1-2H3/t18-,19+. The molecule has 3 rings (SSSR count). The molecule has 0 N–H and O–H groups in total. The Bertz CT molecular complexity index is 619. The summed E-state index contributed by atoms with van der Waals surface area (Å²) in [5.41, 5.74) is 4.12. The Morgan fingerprint density at radius 1 is 0.714 bits per heavy atom. The first-order valence-corrected chi connectivity index (χ1v) is 7.28. The van der Waals surface area contributed by atoms with Crippen molar-refractivity contribution in [2.75, 3.05) is 0 Å². The summed E-state index contributed by atoms with van der Waals surface area (Å²) in [6, 6.07) is 15.9. The largest absolute Gasteiger partial charge is 0.295 e. The molecule has 1 saturated carbocycles. The molecule has 0 radical (unpaired) electrons. The molecule has 0 unspecified atom stereocenters. The van der Waals surface area contributed by atoms with Crippen LogP contribution in [0.4, 0.5) is 0 Å². The predicted octanol–water partition coefficient (Wildman–Crippen LogP) is 4.36. The van der Waals surface area contributed by atoms with Gasteiger partial charge in [-0.1, -0.05) is 48.5 Å². The van der Waals surface area contributed by atoms with Gasteiger partial charge in [0.1, 0.15) is 0 Å². The van der Waals surface area contributed by atoms with Crippen LogP contribution in [0.3, 0.4) is 0 Å². The van der Waals surface area contributed by atoms with Crippen LogP contribution in [-0.4, -0.2) is 11.6 Å². The number of ketones is 2. The first kappa shape index (κ1) is 13.7. The van der Waals surface area contributed by atoms with Crippen molar-refractivity contribution in [2.45, 2.75) is 32.1 Å². The van der Waals surface area contributed by atoms with Crippen LogP contribution >= 0.6 is 0 Å². The molecule has 0 saturated heterocycles. The summed E-state index contributed by atoms with van der Waals surface area (Å²) in [6.45, 7) is 3.18. The van der Waals surface area contributed by atoms with Crippen LogP contribution in [0.5, 0.6) is 0 Å². The Labute approximate surface area is 124 Å². The number of Topliss-reactive ketones (excluding diaryl/α,β-unsaturated/α-hetero) is 2. The van der Waals surface area contributed by atoms with Gasteiger partial charge >= 0.3 is 0 Å². The minimum absolute atomic E-state index is 0.105. The number of rotatable bonds is 4. The maximum absolute atomic E-state index is 11.3. The second kappa shape index (κ2) is 5.28. The zero-order chi connectivity index (χ0) is 15.0. The van der Waals surface area contributed by atoms with E-state index in [4.69, 9.17) is 0 Å². The van der Waals surface area contributed by atoms with Crippen molar-refractivity contribution < 1.29 is 9.59 Å². The highest BCUT2D eigenvalue weighted by Gasteiger charge is 2.39. The van der Waals surface area contributed by atoms with Crippen molar-refractivity contribution in [2.24, 2.45) is 0 Å². The summed E-state index contributed by atoms with van der Waals surface area (Å²) in [5.74, 6) is 1.28. The summed E-state index contributed by atoms with van der Waals surface area (Å²) in [6.07, 6.45) is 1.14. The van der Waals surface area contributed by atoms with Gasteiger partial charge in [0, 0.05) is 11.1 Å². The Morgan fingerprint density at radius 2 is 1.05 bits per heavy atom. The third-order valence-electron chi connectivity index (χ3n) is 4.28. The fraction of sp³-hybridized carbons (Fsp3) is 0.263. The molecule has 1 fully saturated rings. The topological polar surface area (TPSA) is 34.1 Å². The van der Waals surface area contributed by atoms with E-state index in [1.807, 2.05) is 24.3 Å². The minimum atomic E-state index is 0.105. The summed E-state index contributed by atoms with van der Waals surface area (Å²) in [7, 11) is 0. The SMILES string of the molecule is CC(=O)c1ccc([C@H]2C[C@H]2c2ccc(C(C)=O)cc2)cc1. The molecule has 2 aromatic carbocycles. The molecule has 21 heavy (non-hydrogen) atoms. The zero-order valence-electron chi connectivity index (χ0n) is 12.3. The van der Waals surface area contributed by atoms with Crippen LogP contribution in [0, 0.1) is 0 Å². The maximum Gasteiger partial charge on any atom is 0.159 e. The summed E-state index contributed by atoms with van der Waals surface area (Å²) < 4.78 is 0. The quantitative estimate of drug-likeness (QED) is 0.778. The number of benzene rings is 2. The van der Waals surface area contributed by atoms with E-state index in [1.54, 1.807) is 13.8 Å². The molecular formula is C19H18O2. The summed E-state index contributed by atoms with van der Waals surface area (Å²) >= 11 is 0. The van der Waals surface area contributed by atoms with Crippen molar-refractivity contribution in [3.8, 4) is 0 Å². The Morgan fingerprint density at radius 3 is 1.33 bits per heavy atom. The number of carbonyl (C=O) groups excluding carboxylic acids is 2. The molecule has 0 bridgehead atoms. The van der Waals surface area contributed by atoms with Gasteiger partial charge in [0.05, 0.1) is 0 Å². The van der Waals surface area contributed by atoms with E-state index in [-0.39, 0.29) is 11.6 Å². The van der Waals surface area contributed by atoms with E-state index in [1.165, 1.54) is 11.1 Å². The Kier molecular flexibility index (Phi) is 3.46. The van der Waals surface area contributed by atoms with Gasteiger partial charge in [-0.2, -0.15) is 0 Å². The molecular weight excluding hydrogens is 260 g/mol. The molecule has 0 aromatic heterocycles. The van der Waals surface area contributed by atoms with Gasteiger partial charge in [0.15, 0.2) is 11.6 Å². The maximum atomic E-state index is 11.3. The third kappa shape index (κ3) is 2.80. The lowest BCUT2D eigenvalue weighted by Gasteiger charge is -2.03. The van der Waals surface area contributed by atoms with E-state index < -0.39 is 0 Å². The molecule has 0 spiro atoms. The van der Waals surface area contributed by atoms with Crippen molar-refractivity contribution in [1.29, 1.82) is 0 Å². The molecule has 2 atom stereocenters. The fourth-order valence-corrected chi connectivity index (χ4v) is 2.86. The highest BCUT2D eigenvalue weighted by atomic mass is 16.1. The minimum Gasteiger partial charge on any atom is -0.295 e. The predicted molar refractivity (Wildman–Crippen MR) is 83.0 cm³/mol. The molecule has 0 aliphatic heterocycles. The molecule has 2 nitrogen and oxygen atoms in total. The van der Waals surface area contributed by atoms with E-state index in [9.17, 15) is 9.59 Å².